The molecule has 1 aliphatic heterocycles. The Labute approximate surface area is 158 Å². The normalized spacial score (nSPS) is 21.3. The molecule has 2 aromatic carbocycles. The van der Waals surface area contributed by atoms with E-state index in [4.69, 9.17) is 0 Å². The quantitative estimate of drug-likeness (QED) is 0.741. The average Bonchev–Trinajstić information content (AvgIpc) is 2.74. The van der Waals surface area contributed by atoms with Gasteiger partial charge < -0.3 is 5.32 Å². The molecule has 2 atom stereocenters. The first-order valence-electron chi connectivity index (χ1n) is 9.40. The summed E-state index contributed by atoms with van der Waals surface area (Å²) in [5.74, 6) is -0.122. The van der Waals surface area contributed by atoms with Crippen LogP contribution in [0, 0.1) is 0 Å². The minimum Gasteiger partial charge on any atom is -0.325 e. The van der Waals surface area contributed by atoms with Gasteiger partial charge in [0.25, 0.3) is 0 Å². The van der Waals surface area contributed by atoms with Gasteiger partial charge in [0.1, 0.15) is 0 Å². The van der Waals surface area contributed by atoms with Crippen LogP contribution < -0.4 is 5.32 Å². The summed E-state index contributed by atoms with van der Waals surface area (Å²) in [6.07, 6.45) is 5.61. The zero-order chi connectivity index (χ0) is 18.2. The summed E-state index contributed by atoms with van der Waals surface area (Å²) < 4.78 is 0. The molecule has 1 aliphatic carbocycles. The molecule has 3 nitrogen and oxygen atoms in total. The molecule has 2 heterocycles. The smallest absolute Gasteiger partial charge is 0.232 e. The standard InChI is InChI=1S/C24H20N2O/c27-24-22(17-7-2-1-3-8-17)21(18-12-14-25-15-13-18)20-11-10-16-6-4-5-9-19(16)23(20)26-24/h1-9,12-15,21-22H,10-11H2,(H,26,27). The summed E-state index contributed by atoms with van der Waals surface area (Å²) in [6.45, 7) is 0. The monoisotopic (exact) mass is 352 g/mol. The van der Waals surface area contributed by atoms with Crippen LogP contribution in [0.3, 0.4) is 0 Å². The highest BCUT2D eigenvalue weighted by atomic mass is 16.2. The van der Waals surface area contributed by atoms with E-state index in [1.54, 1.807) is 0 Å². The molecule has 0 saturated heterocycles. The van der Waals surface area contributed by atoms with Gasteiger partial charge in [-0.05, 0) is 47.2 Å². The summed E-state index contributed by atoms with van der Waals surface area (Å²) in [6, 6.07) is 22.6. The fraction of sp³-hybridized carbons (Fsp3) is 0.167. The number of hydrogen-bond donors (Lipinski definition) is 1. The van der Waals surface area contributed by atoms with Gasteiger partial charge in [0.05, 0.1) is 5.92 Å². The molecule has 0 fully saturated rings. The van der Waals surface area contributed by atoms with Gasteiger partial charge in [-0.1, -0.05) is 54.6 Å². The van der Waals surface area contributed by atoms with Crippen LogP contribution in [-0.4, -0.2) is 10.9 Å². The van der Waals surface area contributed by atoms with Crippen LogP contribution in [0.15, 0.2) is 84.7 Å². The number of carbonyl (C=O) groups excluding carboxylic acids is 1. The van der Waals surface area contributed by atoms with E-state index in [0.717, 1.165) is 35.2 Å². The Bertz CT molecular complexity index is 1020. The third-order valence-electron chi connectivity index (χ3n) is 5.73. The first-order valence-corrected chi connectivity index (χ1v) is 9.40. The van der Waals surface area contributed by atoms with Crippen molar-refractivity contribution < 1.29 is 4.79 Å². The van der Waals surface area contributed by atoms with Crippen molar-refractivity contribution in [3.63, 3.8) is 0 Å². The fourth-order valence-corrected chi connectivity index (χ4v) is 4.53. The van der Waals surface area contributed by atoms with Crippen LogP contribution in [0.5, 0.6) is 0 Å². The van der Waals surface area contributed by atoms with Crippen molar-refractivity contribution >= 4 is 11.6 Å². The molecule has 0 spiro atoms. The molecule has 0 radical (unpaired) electrons. The molecule has 2 aliphatic rings. The highest BCUT2D eigenvalue weighted by Crippen LogP contribution is 2.48. The molecule has 3 heteroatoms. The molecular formula is C24H20N2O. The van der Waals surface area contributed by atoms with Crippen molar-refractivity contribution in [2.24, 2.45) is 0 Å². The van der Waals surface area contributed by atoms with Gasteiger partial charge in [0.2, 0.25) is 5.91 Å². The van der Waals surface area contributed by atoms with E-state index in [9.17, 15) is 4.79 Å². The predicted molar refractivity (Wildman–Crippen MR) is 106 cm³/mol. The molecule has 1 amide bonds. The van der Waals surface area contributed by atoms with E-state index in [1.165, 1.54) is 11.1 Å². The lowest BCUT2D eigenvalue weighted by molar-refractivity contribution is -0.122. The number of nitrogens with one attached hydrogen (secondary N) is 1. The second kappa shape index (κ2) is 6.51. The second-order valence-electron chi connectivity index (χ2n) is 7.19. The molecule has 2 unspecified atom stereocenters. The Morgan fingerprint density at radius 1 is 0.778 bits per heavy atom. The van der Waals surface area contributed by atoms with Crippen molar-refractivity contribution in [3.05, 3.63) is 107 Å². The third kappa shape index (κ3) is 2.67. The van der Waals surface area contributed by atoms with Gasteiger partial charge in [-0.2, -0.15) is 0 Å². The Balaban J connectivity index is 1.73. The molecule has 0 bridgehead atoms. The van der Waals surface area contributed by atoms with Crippen molar-refractivity contribution in [3.8, 4) is 0 Å². The summed E-state index contributed by atoms with van der Waals surface area (Å²) in [5, 5.41) is 3.25. The Morgan fingerprint density at radius 2 is 1.48 bits per heavy atom. The third-order valence-corrected chi connectivity index (χ3v) is 5.73. The molecule has 5 rings (SSSR count). The van der Waals surface area contributed by atoms with Gasteiger partial charge in [-0.25, -0.2) is 0 Å². The van der Waals surface area contributed by atoms with Gasteiger partial charge >= 0.3 is 0 Å². The van der Waals surface area contributed by atoms with Crippen LogP contribution in [0.25, 0.3) is 5.70 Å². The number of hydrogen-bond acceptors (Lipinski definition) is 2. The largest absolute Gasteiger partial charge is 0.325 e. The highest BCUT2D eigenvalue weighted by Gasteiger charge is 2.40. The molecule has 132 valence electrons. The van der Waals surface area contributed by atoms with Gasteiger partial charge in [-0.3, -0.25) is 9.78 Å². The Hall–Kier alpha value is -3.20. The molecule has 1 N–H and O–H groups in total. The van der Waals surface area contributed by atoms with E-state index in [2.05, 4.69) is 40.6 Å². The van der Waals surface area contributed by atoms with Crippen LogP contribution in [0.2, 0.25) is 0 Å². The fourth-order valence-electron chi connectivity index (χ4n) is 4.53. The number of nitrogens with zero attached hydrogens (tertiary/aromatic N) is 1. The maximum atomic E-state index is 13.3. The van der Waals surface area contributed by atoms with E-state index >= 15 is 0 Å². The molecule has 0 saturated carbocycles. The van der Waals surface area contributed by atoms with E-state index in [-0.39, 0.29) is 17.7 Å². The minimum atomic E-state index is -0.224. The molecule has 3 aromatic rings. The van der Waals surface area contributed by atoms with Gasteiger partial charge in [-0.15, -0.1) is 0 Å². The number of aromatic nitrogens is 1. The van der Waals surface area contributed by atoms with Gasteiger partial charge in [0, 0.05) is 29.6 Å². The SMILES string of the molecule is O=C1NC2=C(CCc3ccccc32)C(c2ccncc2)C1c1ccccc1. The second-order valence-corrected chi connectivity index (χ2v) is 7.19. The number of amides is 1. The van der Waals surface area contributed by atoms with Crippen molar-refractivity contribution in [1.82, 2.24) is 10.3 Å². The van der Waals surface area contributed by atoms with Crippen molar-refractivity contribution in [2.45, 2.75) is 24.7 Å². The minimum absolute atomic E-state index is 0.0347. The Kier molecular flexibility index (Phi) is 3.86. The number of aryl methyl sites for hydroxylation is 1. The van der Waals surface area contributed by atoms with Crippen LogP contribution >= 0.6 is 0 Å². The van der Waals surface area contributed by atoms with E-state index < -0.39 is 0 Å². The van der Waals surface area contributed by atoms with Crippen molar-refractivity contribution in [1.29, 1.82) is 0 Å². The van der Waals surface area contributed by atoms with Crippen molar-refractivity contribution in [2.75, 3.05) is 0 Å². The van der Waals surface area contributed by atoms with Crippen LogP contribution in [0.4, 0.5) is 0 Å². The summed E-state index contributed by atoms with van der Waals surface area (Å²) >= 11 is 0. The summed E-state index contributed by atoms with van der Waals surface area (Å²) in [7, 11) is 0. The lowest BCUT2D eigenvalue weighted by atomic mass is 9.70. The number of fused-ring (bicyclic) bond motifs is 2. The van der Waals surface area contributed by atoms with E-state index in [0.29, 0.717) is 0 Å². The summed E-state index contributed by atoms with van der Waals surface area (Å²) in [5.41, 5.74) is 7.02. The first-order chi connectivity index (χ1) is 13.3. The Morgan fingerprint density at radius 3 is 2.30 bits per heavy atom. The number of rotatable bonds is 2. The maximum Gasteiger partial charge on any atom is 0.232 e. The lowest BCUT2D eigenvalue weighted by Gasteiger charge is -2.38. The predicted octanol–water partition coefficient (Wildman–Crippen LogP) is 4.44. The van der Waals surface area contributed by atoms with Crippen LogP contribution in [0.1, 0.15) is 40.5 Å². The number of carbonyl (C=O) groups is 1. The molecule has 27 heavy (non-hydrogen) atoms. The molecular weight excluding hydrogens is 332 g/mol. The number of benzene rings is 2. The zero-order valence-electron chi connectivity index (χ0n) is 14.9. The first kappa shape index (κ1) is 16.0. The lowest BCUT2D eigenvalue weighted by Crippen LogP contribution is -2.39. The number of allylic oxidation sites excluding steroid dienone is 1. The maximum absolute atomic E-state index is 13.3. The topological polar surface area (TPSA) is 42.0 Å². The van der Waals surface area contributed by atoms with Crippen LogP contribution in [-0.2, 0) is 11.2 Å². The van der Waals surface area contributed by atoms with Gasteiger partial charge in [0.15, 0.2) is 0 Å². The number of pyridine rings is 1. The zero-order valence-corrected chi connectivity index (χ0v) is 14.9. The average molecular weight is 352 g/mol. The van der Waals surface area contributed by atoms with E-state index in [1.807, 2.05) is 48.8 Å². The summed E-state index contributed by atoms with van der Waals surface area (Å²) in [4.78, 5) is 17.5. The molecule has 1 aromatic heterocycles. The highest BCUT2D eigenvalue weighted by molar-refractivity contribution is 5.97.